The van der Waals surface area contributed by atoms with Crippen LogP contribution in [0.2, 0.25) is 0 Å². The molecule has 0 aliphatic carbocycles. The molecule has 0 spiro atoms. The molecule has 10 nitrogen and oxygen atoms in total. The number of nitrogens with zero attached hydrogens (tertiary/aromatic N) is 1. The summed E-state index contributed by atoms with van der Waals surface area (Å²) in [7, 11) is 0. The summed E-state index contributed by atoms with van der Waals surface area (Å²) >= 11 is 0. The van der Waals surface area contributed by atoms with Crippen LogP contribution in [0.3, 0.4) is 0 Å². The molecule has 0 radical (unpaired) electrons. The molecule has 1 aliphatic rings. The van der Waals surface area contributed by atoms with Gasteiger partial charge in [0.2, 0.25) is 5.91 Å². The van der Waals surface area contributed by atoms with Crippen molar-refractivity contribution in [1.82, 2.24) is 20.9 Å². The van der Waals surface area contributed by atoms with E-state index in [1.807, 2.05) is 6.92 Å². The maximum absolute atomic E-state index is 12.7. The molecule has 1 aromatic rings. The monoisotopic (exact) mass is 404 g/mol. The minimum Gasteiger partial charge on any atom is -0.454 e. The summed E-state index contributed by atoms with van der Waals surface area (Å²) < 4.78 is 4.79. The van der Waals surface area contributed by atoms with Crippen LogP contribution >= 0.6 is 0 Å². The smallest absolute Gasteiger partial charge is 0.326 e. The summed E-state index contributed by atoms with van der Waals surface area (Å²) in [6.45, 7) is 2.45. The lowest BCUT2D eigenvalue weighted by Crippen LogP contribution is -2.42. The van der Waals surface area contributed by atoms with E-state index in [9.17, 15) is 24.0 Å². The van der Waals surface area contributed by atoms with E-state index in [1.165, 1.54) is 0 Å². The summed E-state index contributed by atoms with van der Waals surface area (Å²) in [5, 5.41) is 7.46. The number of urea groups is 1. The van der Waals surface area contributed by atoms with Crippen LogP contribution in [0.25, 0.3) is 0 Å². The zero-order chi connectivity index (χ0) is 21.4. The SMILES string of the molecule is CCCNC(=O)CNC(=O)COC(=O)CN1C(=O)N[C@@](C)(c2ccccc2)C1=O. The van der Waals surface area contributed by atoms with Gasteiger partial charge < -0.3 is 20.7 Å². The molecular formula is C19H24N4O6. The molecule has 0 saturated carbocycles. The molecule has 10 heteroatoms. The molecule has 0 aromatic heterocycles. The molecule has 29 heavy (non-hydrogen) atoms. The molecule has 1 saturated heterocycles. The van der Waals surface area contributed by atoms with Gasteiger partial charge in [-0.25, -0.2) is 4.79 Å². The summed E-state index contributed by atoms with van der Waals surface area (Å²) in [6, 6.07) is 7.91. The molecule has 1 heterocycles. The van der Waals surface area contributed by atoms with Crippen LogP contribution in [-0.4, -0.2) is 60.9 Å². The highest BCUT2D eigenvalue weighted by Gasteiger charge is 2.49. The van der Waals surface area contributed by atoms with Crippen molar-refractivity contribution in [1.29, 1.82) is 0 Å². The van der Waals surface area contributed by atoms with E-state index < -0.39 is 42.5 Å². The van der Waals surface area contributed by atoms with Gasteiger partial charge in [-0.3, -0.25) is 24.1 Å². The van der Waals surface area contributed by atoms with E-state index in [1.54, 1.807) is 37.3 Å². The Labute approximate surface area is 168 Å². The number of ether oxygens (including phenoxy) is 1. The summed E-state index contributed by atoms with van der Waals surface area (Å²) in [4.78, 5) is 60.6. The Morgan fingerprint density at radius 3 is 2.45 bits per heavy atom. The van der Waals surface area contributed by atoms with Gasteiger partial charge in [-0.2, -0.15) is 0 Å². The zero-order valence-electron chi connectivity index (χ0n) is 16.3. The summed E-state index contributed by atoms with van der Waals surface area (Å²) in [5.41, 5.74) is -0.711. The predicted octanol–water partition coefficient (Wildman–Crippen LogP) is -0.361. The average molecular weight is 404 g/mol. The molecule has 1 fully saturated rings. The van der Waals surface area contributed by atoms with E-state index in [0.717, 1.165) is 11.3 Å². The number of hydrogen-bond acceptors (Lipinski definition) is 6. The number of benzene rings is 1. The molecular weight excluding hydrogens is 380 g/mol. The van der Waals surface area contributed by atoms with Crippen LogP contribution in [0.4, 0.5) is 4.79 Å². The lowest BCUT2D eigenvalue weighted by atomic mass is 9.92. The maximum atomic E-state index is 12.7. The third-order valence-electron chi connectivity index (χ3n) is 4.30. The Balaban J connectivity index is 1.83. The number of amides is 5. The van der Waals surface area contributed by atoms with Crippen molar-refractivity contribution in [3.8, 4) is 0 Å². The van der Waals surface area contributed by atoms with Gasteiger partial charge in [0.15, 0.2) is 6.61 Å². The van der Waals surface area contributed by atoms with Crippen LogP contribution in [0, 0.1) is 0 Å². The Bertz CT molecular complexity index is 797. The largest absolute Gasteiger partial charge is 0.454 e. The third-order valence-corrected chi connectivity index (χ3v) is 4.30. The molecule has 3 N–H and O–H groups in total. The van der Waals surface area contributed by atoms with Gasteiger partial charge in [0, 0.05) is 6.54 Å². The van der Waals surface area contributed by atoms with Crippen LogP contribution < -0.4 is 16.0 Å². The minimum atomic E-state index is -1.29. The first-order valence-corrected chi connectivity index (χ1v) is 9.16. The number of esters is 1. The van der Waals surface area contributed by atoms with Crippen LogP contribution in [-0.2, 0) is 29.5 Å². The first-order valence-electron chi connectivity index (χ1n) is 9.16. The van der Waals surface area contributed by atoms with Crippen molar-refractivity contribution in [2.24, 2.45) is 0 Å². The molecule has 1 aromatic carbocycles. The highest BCUT2D eigenvalue weighted by Crippen LogP contribution is 2.28. The van der Waals surface area contributed by atoms with Gasteiger partial charge in [-0.15, -0.1) is 0 Å². The van der Waals surface area contributed by atoms with E-state index in [-0.39, 0.29) is 12.5 Å². The number of rotatable bonds is 9. The van der Waals surface area contributed by atoms with Crippen LogP contribution in [0.1, 0.15) is 25.8 Å². The van der Waals surface area contributed by atoms with Gasteiger partial charge >= 0.3 is 12.0 Å². The number of imide groups is 1. The second-order valence-corrected chi connectivity index (χ2v) is 6.60. The van der Waals surface area contributed by atoms with Crippen LogP contribution in [0.15, 0.2) is 30.3 Å². The van der Waals surface area contributed by atoms with Crippen LogP contribution in [0.5, 0.6) is 0 Å². The first-order chi connectivity index (χ1) is 13.8. The average Bonchev–Trinajstić information content (AvgIpc) is 2.93. The van der Waals surface area contributed by atoms with Gasteiger partial charge in [-0.05, 0) is 18.9 Å². The van der Waals surface area contributed by atoms with E-state index in [2.05, 4.69) is 16.0 Å². The lowest BCUT2D eigenvalue weighted by Gasteiger charge is -2.21. The number of carbonyl (C=O) groups excluding carboxylic acids is 5. The first kappa shape index (κ1) is 21.9. The topological polar surface area (TPSA) is 134 Å². The molecule has 2 rings (SSSR count). The van der Waals surface area contributed by atoms with Gasteiger partial charge in [0.25, 0.3) is 11.8 Å². The van der Waals surface area contributed by atoms with Crippen molar-refractivity contribution >= 4 is 29.7 Å². The second kappa shape index (κ2) is 9.67. The fourth-order valence-electron chi connectivity index (χ4n) is 2.69. The van der Waals surface area contributed by atoms with E-state index in [0.29, 0.717) is 12.1 Å². The zero-order valence-corrected chi connectivity index (χ0v) is 16.3. The van der Waals surface area contributed by atoms with Gasteiger partial charge in [0.05, 0.1) is 6.54 Å². The third kappa shape index (κ3) is 5.53. The molecule has 0 unspecified atom stereocenters. The predicted molar refractivity (Wildman–Crippen MR) is 101 cm³/mol. The minimum absolute atomic E-state index is 0.237. The van der Waals surface area contributed by atoms with Gasteiger partial charge in [-0.1, -0.05) is 37.3 Å². The summed E-state index contributed by atoms with van der Waals surface area (Å²) in [6.07, 6.45) is 0.767. The molecule has 0 bridgehead atoms. The summed E-state index contributed by atoms with van der Waals surface area (Å²) in [5.74, 6) is -2.54. The van der Waals surface area contributed by atoms with Crippen molar-refractivity contribution < 1.29 is 28.7 Å². The van der Waals surface area contributed by atoms with Gasteiger partial charge in [0.1, 0.15) is 12.1 Å². The van der Waals surface area contributed by atoms with Crippen molar-refractivity contribution in [2.75, 3.05) is 26.2 Å². The Morgan fingerprint density at radius 1 is 1.10 bits per heavy atom. The number of carbonyl (C=O) groups is 5. The van der Waals surface area contributed by atoms with Crippen molar-refractivity contribution in [3.05, 3.63) is 35.9 Å². The van der Waals surface area contributed by atoms with Crippen molar-refractivity contribution in [2.45, 2.75) is 25.8 Å². The Hall–Kier alpha value is -3.43. The quantitative estimate of drug-likeness (QED) is 0.380. The van der Waals surface area contributed by atoms with E-state index in [4.69, 9.17) is 4.74 Å². The Morgan fingerprint density at radius 2 is 1.79 bits per heavy atom. The fourth-order valence-corrected chi connectivity index (χ4v) is 2.69. The normalized spacial score (nSPS) is 18.2. The molecule has 5 amide bonds. The molecule has 1 aliphatic heterocycles. The maximum Gasteiger partial charge on any atom is 0.326 e. The lowest BCUT2D eigenvalue weighted by molar-refractivity contribution is -0.151. The number of hydrogen-bond donors (Lipinski definition) is 3. The highest BCUT2D eigenvalue weighted by atomic mass is 16.5. The molecule has 156 valence electrons. The fraction of sp³-hybridized carbons (Fsp3) is 0.421. The second-order valence-electron chi connectivity index (χ2n) is 6.60. The number of nitrogens with one attached hydrogen (secondary N) is 3. The highest BCUT2D eigenvalue weighted by molar-refractivity contribution is 6.08. The Kier molecular flexibility index (Phi) is 7.29. The van der Waals surface area contributed by atoms with E-state index >= 15 is 0 Å². The molecule has 1 atom stereocenters. The standard InChI is InChI=1S/C19H24N4O6/c1-3-9-20-14(24)10-21-15(25)12-29-16(26)11-23-17(27)19(2,22-18(23)28)13-7-5-4-6-8-13/h4-8H,3,9-12H2,1-2H3,(H,20,24)(H,21,25)(H,22,28)/t19-/m0/s1. The van der Waals surface area contributed by atoms with Crippen molar-refractivity contribution in [3.63, 3.8) is 0 Å².